The Morgan fingerprint density at radius 1 is 1.00 bits per heavy atom. The molecule has 0 fully saturated rings. The minimum Gasteiger partial charge on any atom is -0.467 e. The number of rotatable bonds is 7. The molecule has 0 unspecified atom stereocenters. The lowest BCUT2D eigenvalue weighted by molar-refractivity contribution is 0.379. The lowest BCUT2D eigenvalue weighted by Crippen LogP contribution is -2.11. The quantitative estimate of drug-likeness (QED) is 0.330. The molecule has 3 aromatic heterocycles. The van der Waals surface area contributed by atoms with Gasteiger partial charge in [0.2, 0.25) is 11.9 Å². The molecule has 0 radical (unpaired) electrons. The first-order valence-corrected chi connectivity index (χ1v) is 9.57. The van der Waals surface area contributed by atoms with Gasteiger partial charge in [-0.25, -0.2) is 0 Å². The Morgan fingerprint density at radius 2 is 1.90 bits per heavy atom. The summed E-state index contributed by atoms with van der Waals surface area (Å²) >= 11 is 0. The zero-order chi connectivity index (χ0) is 20.3. The number of aromatic nitrogens is 6. The molecule has 0 aliphatic carbocycles. The molecule has 9 nitrogen and oxygen atoms in total. The zero-order valence-corrected chi connectivity index (χ0v) is 16.3. The van der Waals surface area contributed by atoms with Crippen LogP contribution in [0, 0.1) is 0 Å². The highest BCUT2D eigenvalue weighted by Crippen LogP contribution is 2.21. The van der Waals surface area contributed by atoms with Crippen LogP contribution >= 0.6 is 0 Å². The Kier molecular flexibility index (Phi) is 4.60. The van der Waals surface area contributed by atoms with E-state index in [0.717, 1.165) is 28.5 Å². The Labute approximate surface area is 171 Å². The summed E-state index contributed by atoms with van der Waals surface area (Å²) in [5.41, 5.74) is 4.19. The van der Waals surface area contributed by atoms with Crippen molar-refractivity contribution in [3.63, 3.8) is 0 Å². The van der Waals surface area contributed by atoms with Crippen molar-refractivity contribution < 1.29 is 4.74 Å². The van der Waals surface area contributed by atoms with Gasteiger partial charge < -0.3 is 20.4 Å². The van der Waals surface area contributed by atoms with E-state index in [0.29, 0.717) is 18.4 Å². The number of hydrogen-bond donors (Lipinski definition) is 4. The topological polar surface area (TPSA) is 116 Å². The average molecular weight is 400 g/mol. The molecule has 9 heteroatoms. The molecule has 5 rings (SSSR count). The summed E-state index contributed by atoms with van der Waals surface area (Å²) in [4.78, 5) is 16.4. The third-order valence-electron chi connectivity index (χ3n) is 4.85. The Hall–Kier alpha value is -4.14. The predicted octanol–water partition coefficient (Wildman–Crippen LogP) is 3.64. The molecule has 5 aromatic rings. The number of ether oxygens (including phenoxy) is 1. The van der Waals surface area contributed by atoms with Crippen molar-refractivity contribution in [1.82, 2.24) is 30.1 Å². The van der Waals surface area contributed by atoms with Crippen LogP contribution in [0.3, 0.4) is 0 Å². The van der Waals surface area contributed by atoms with Gasteiger partial charge in [-0.15, -0.1) is 0 Å². The molecule has 0 bridgehead atoms. The maximum absolute atomic E-state index is 5.24. The third-order valence-corrected chi connectivity index (χ3v) is 4.85. The number of benzene rings is 2. The van der Waals surface area contributed by atoms with E-state index in [4.69, 9.17) is 4.74 Å². The van der Waals surface area contributed by atoms with E-state index in [1.807, 2.05) is 36.5 Å². The van der Waals surface area contributed by atoms with Gasteiger partial charge in [-0.1, -0.05) is 18.2 Å². The van der Waals surface area contributed by atoms with Crippen LogP contribution < -0.4 is 15.4 Å². The minimum absolute atomic E-state index is 0.242. The number of hydrogen-bond acceptors (Lipinski definition) is 7. The van der Waals surface area contributed by atoms with Gasteiger partial charge >= 0.3 is 6.01 Å². The largest absolute Gasteiger partial charge is 0.467 e. The van der Waals surface area contributed by atoms with Crippen LogP contribution in [0.1, 0.15) is 5.56 Å². The second-order valence-electron chi connectivity index (χ2n) is 6.80. The van der Waals surface area contributed by atoms with Crippen LogP contribution in [-0.4, -0.2) is 43.8 Å². The number of nitrogens with zero attached hydrogens (tertiary/aromatic N) is 4. The SMILES string of the molecule is COc1nc(NCCc2c[nH]c3ccccc23)nc(Nc2ccc3[nH]ncc3c2)n1. The molecular weight excluding hydrogens is 380 g/mol. The summed E-state index contributed by atoms with van der Waals surface area (Å²) in [6, 6.07) is 14.4. The molecule has 0 aliphatic rings. The molecule has 3 heterocycles. The van der Waals surface area contributed by atoms with Crippen LogP contribution in [0.25, 0.3) is 21.8 Å². The molecule has 2 aromatic carbocycles. The predicted molar refractivity (Wildman–Crippen MR) is 116 cm³/mol. The Balaban J connectivity index is 1.31. The van der Waals surface area contributed by atoms with Crippen LogP contribution in [0.5, 0.6) is 6.01 Å². The van der Waals surface area contributed by atoms with E-state index in [-0.39, 0.29) is 6.01 Å². The first kappa shape index (κ1) is 17.9. The standard InChI is InChI=1S/C21H20N8O/c1-30-21-27-19(22-9-8-13-11-23-18-5-3-2-4-16(13)18)26-20(28-21)25-15-6-7-17-14(10-15)12-24-29-17/h2-7,10-12,23H,8-9H2,1H3,(H,24,29)(H2,22,25,26,27,28). The van der Waals surface area contributed by atoms with E-state index in [1.165, 1.54) is 18.1 Å². The second kappa shape index (κ2) is 7.70. The molecule has 0 spiro atoms. The second-order valence-corrected chi connectivity index (χ2v) is 6.80. The van der Waals surface area contributed by atoms with Gasteiger partial charge in [0.1, 0.15) is 0 Å². The van der Waals surface area contributed by atoms with Gasteiger partial charge in [0.15, 0.2) is 0 Å². The number of para-hydroxylation sites is 1. The van der Waals surface area contributed by atoms with Crippen molar-refractivity contribution in [2.75, 3.05) is 24.3 Å². The number of anilines is 3. The normalized spacial score (nSPS) is 11.1. The smallest absolute Gasteiger partial charge is 0.322 e. The molecule has 0 saturated carbocycles. The first-order valence-electron chi connectivity index (χ1n) is 9.57. The highest BCUT2D eigenvalue weighted by molar-refractivity contribution is 5.83. The van der Waals surface area contributed by atoms with E-state index in [9.17, 15) is 0 Å². The zero-order valence-electron chi connectivity index (χ0n) is 16.3. The number of aromatic amines is 2. The van der Waals surface area contributed by atoms with E-state index in [1.54, 1.807) is 6.20 Å². The maximum atomic E-state index is 5.24. The molecule has 0 amide bonds. The van der Waals surface area contributed by atoms with Crippen molar-refractivity contribution in [3.05, 3.63) is 60.4 Å². The summed E-state index contributed by atoms with van der Waals surface area (Å²) in [6.45, 7) is 0.676. The Bertz CT molecular complexity index is 1310. The van der Waals surface area contributed by atoms with E-state index >= 15 is 0 Å². The van der Waals surface area contributed by atoms with Crippen molar-refractivity contribution in [2.45, 2.75) is 6.42 Å². The average Bonchev–Trinajstić information content (AvgIpc) is 3.40. The number of methoxy groups -OCH3 is 1. The fourth-order valence-electron chi connectivity index (χ4n) is 3.38. The number of H-pyrrole nitrogens is 2. The number of fused-ring (bicyclic) bond motifs is 2. The molecule has 30 heavy (non-hydrogen) atoms. The highest BCUT2D eigenvalue weighted by Gasteiger charge is 2.09. The van der Waals surface area contributed by atoms with Crippen LogP contribution in [0.4, 0.5) is 17.6 Å². The molecule has 150 valence electrons. The Morgan fingerprint density at radius 3 is 2.83 bits per heavy atom. The third kappa shape index (κ3) is 3.60. The minimum atomic E-state index is 0.242. The molecular formula is C21H20N8O. The molecule has 0 atom stereocenters. The van der Waals surface area contributed by atoms with Crippen LogP contribution in [0.15, 0.2) is 54.9 Å². The maximum Gasteiger partial charge on any atom is 0.322 e. The van der Waals surface area contributed by atoms with Gasteiger partial charge in [-0.2, -0.15) is 20.1 Å². The summed E-state index contributed by atoms with van der Waals surface area (Å²) in [6.07, 6.45) is 4.64. The van der Waals surface area contributed by atoms with Crippen LogP contribution in [0.2, 0.25) is 0 Å². The molecule has 0 saturated heterocycles. The fourth-order valence-corrected chi connectivity index (χ4v) is 3.38. The summed E-state index contributed by atoms with van der Waals surface area (Å²) in [5.74, 6) is 0.855. The van der Waals surface area contributed by atoms with Gasteiger partial charge in [-0.3, -0.25) is 5.10 Å². The fraction of sp³-hybridized carbons (Fsp3) is 0.143. The van der Waals surface area contributed by atoms with Gasteiger partial charge in [0.25, 0.3) is 0 Å². The summed E-state index contributed by atoms with van der Waals surface area (Å²) in [5, 5.41) is 15.7. The summed E-state index contributed by atoms with van der Waals surface area (Å²) in [7, 11) is 1.53. The lowest BCUT2D eigenvalue weighted by Gasteiger charge is -2.09. The first-order chi connectivity index (χ1) is 14.8. The number of nitrogens with one attached hydrogen (secondary N) is 4. The van der Waals surface area contributed by atoms with Crippen molar-refractivity contribution in [1.29, 1.82) is 0 Å². The van der Waals surface area contributed by atoms with Gasteiger partial charge in [0, 0.05) is 34.7 Å². The van der Waals surface area contributed by atoms with Crippen molar-refractivity contribution >= 4 is 39.4 Å². The lowest BCUT2D eigenvalue weighted by atomic mass is 10.1. The van der Waals surface area contributed by atoms with Crippen LogP contribution in [-0.2, 0) is 6.42 Å². The van der Waals surface area contributed by atoms with Gasteiger partial charge in [-0.05, 0) is 36.2 Å². The van der Waals surface area contributed by atoms with E-state index in [2.05, 4.69) is 52.9 Å². The van der Waals surface area contributed by atoms with Gasteiger partial charge in [0.05, 0.1) is 18.8 Å². The molecule has 4 N–H and O–H groups in total. The van der Waals surface area contributed by atoms with E-state index < -0.39 is 0 Å². The van der Waals surface area contributed by atoms with Crippen molar-refractivity contribution in [2.24, 2.45) is 0 Å². The monoisotopic (exact) mass is 400 g/mol. The van der Waals surface area contributed by atoms with Crippen molar-refractivity contribution in [3.8, 4) is 6.01 Å². The highest BCUT2D eigenvalue weighted by atomic mass is 16.5. The summed E-state index contributed by atoms with van der Waals surface area (Å²) < 4.78 is 5.24. The molecule has 0 aliphatic heterocycles.